The van der Waals surface area contributed by atoms with Gasteiger partial charge in [0.15, 0.2) is 0 Å². The molecule has 0 aromatic heterocycles. The summed E-state index contributed by atoms with van der Waals surface area (Å²) < 4.78 is 4.86. The molecule has 2 amide bonds. The Kier molecular flexibility index (Phi) is 6.72. The molecule has 0 aromatic carbocycles. The Bertz CT molecular complexity index is 275. The summed E-state index contributed by atoms with van der Waals surface area (Å²) in [6, 6.07) is 0.342. The lowest BCUT2D eigenvalue weighted by atomic mass is 10.2. The first kappa shape index (κ1) is 15.0. The van der Waals surface area contributed by atoms with Crippen molar-refractivity contribution in [2.75, 3.05) is 26.8 Å². The average Bonchev–Trinajstić information content (AvgIpc) is 2.83. The second kappa shape index (κ2) is 8.08. The van der Waals surface area contributed by atoms with Gasteiger partial charge in [-0.15, -0.1) is 0 Å². The van der Waals surface area contributed by atoms with Crippen LogP contribution in [0, 0.1) is 0 Å². The molecule has 0 heterocycles. The van der Waals surface area contributed by atoms with Crippen molar-refractivity contribution in [2.24, 2.45) is 0 Å². The molecule has 1 aliphatic carbocycles. The zero-order valence-electron chi connectivity index (χ0n) is 11.4. The SMILES string of the molecule is COCCNC(=O)CCN(C(C)=O)C1CCCC1. The third kappa shape index (κ3) is 5.04. The van der Waals surface area contributed by atoms with Crippen LogP contribution in [0.2, 0.25) is 0 Å². The molecule has 1 rings (SSSR count). The minimum absolute atomic E-state index is 0.0173. The highest BCUT2D eigenvalue weighted by Gasteiger charge is 2.24. The normalized spacial score (nSPS) is 15.7. The lowest BCUT2D eigenvalue weighted by Gasteiger charge is -2.27. The van der Waals surface area contributed by atoms with Crippen LogP contribution in [0.3, 0.4) is 0 Å². The molecule has 104 valence electrons. The van der Waals surface area contributed by atoms with Gasteiger partial charge in [-0.2, -0.15) is 0 Å². The quantitative estimate of drug-likeness (QED) is 0.689. The van der Waals surface area contributed by atoms with Gasteiger partial charge >= 0.3 is 0 Å². The summed E-state index contributed by atoms with van der Waals surface area (Å²) in [5.74, 6) is 0.0582. The van der Waals surface area contributed by atoms with Crippen LogP contribution in [-0.2, 0) is 14.3 Å². The van der Waals surface area contributed by atoms with Crippen LogP contribution >= 0.6 is 0 Å². The monoisotopic (exact) mass is 256 g/mol. The number of amides is 2. The predicted octanol–water partition coefficient (Wildman–Crippen LogP) is 0.930. The van der Waals surface area contributed by atoms with Gasteiger partial charge in [-0.3, -0.25) is 9.59 Å². The van der Waals surface area contributed by atoms with Crippen LogP contribution in [0.25, 0.3) is 0 Å². The first-order valence-electron chi connectivity index (χ1n) is 6.68. The minimum Gasteiger partial charge on any atom is -0.383 e. The van der Waals surface area contributed by atoms with Gasteiger partial charge in [-0.25, -0.2) is 0 Å². The van der Waals surface area contributed by atoms with Crippen molar-refractivity contribution in [2.45, 2.75) is 45.1 Å². The van der Waals surface area contributed by atoms with Crippen molar-refractivity contribution < 1.29 is 14.3 Å². The number of nitrogens with zero attached hydrogens (tertiary/aromatic N) is 1. The van der Waals surface area contributed by atoms with E-state index in [1.54, 1.807) is 14.0 Å². The van der Waals surface area contributed by atoms with Crippen molar-refractivity contribution in [1.29, 1.82) is 0 Å². The summed E-state index contributed by atoms with van der Waals surface area (Å²) in [5.41, 5.74) is 0. The Balaban J connectivity index is 2.28. The van der Waals surface area contributed by atoms with Crippen LogP contribution in [0.4, 0.5) is 0 Å². The third-order valence-corrected chi connectivity index (χ3v) is 3.38. The number of hydrogen-bond acceptors (Lipinski definition) is 3. The molecule has 0 unspecified atom stereocenters. The Labute approximate surface area is 109 Å². The fourth-order valence-corrected chi connectivity index (χ4v) is 2.42. The molecular weight excluding hydrogens is 232 g/mol. The van der Waals surface area contributed by atoms with E-state index in [-0.39, 0.29) is 11.8 Å². The highest BCUT2D eigenvalue weighted by Crippen LogP contribution is 2.23. The van der Waals surface area contributed by atoms with Crippen LogP contribution in [0.15, 0.2) is 0 Å². The number of carbonyl (C=O) groups is 2. The van der Waals surface area contributed by atoms with Crippen molar-refractivity contribution in [1.82, 2.24) is 10.2 Å². The number of hydrogen-bond donors (Lipinski definition) is 1. The number of ether oxygens (including phenoxy) is 1. The molecule has 1 N–H and O–H groups in total. The van der Waals surface area contributed by atoms with Gasteiger partial charge < -0.3 is 15.0 Å². The molecule has 18 heavy (non-hydrogen) atoms. The molecule has 0 aromatic rings. The van der Waals surface area contributed by atoms with Crippen molar-refractivity contribution in [3.63, 3.8) is 0 Å². The van der Waals surface area contributed by atoms with E-state index in [0.717, 1.165) is 12.8 Å². The van der Waals surface area contributed by atoms with Gasteiger partial charge in [0.1, 0.15) is 0 Å². The lowest BCUT2D eigenvalue weighted by molar-refractivity contribution is -0.131. The molecule has 0 radical (unpaired) electrons. The molecule has 5 heteroatoms. The maximum Gasteiger partial charge on any atom is 0.221 e. The minimum atomic E-state index is -0.0173. The van der Waals surface area contributed by atoms with Crippen molar-refractivity contribution in [3.05, 3.63) is 0 Å². The molecule has 1 aliphatic rings. The second-order valence-corrected chi connectivity index (χ2v) is 4.74. The van der Waals surface area contributed by atoms with E-state index in [9.17, 15) is 9.59 Å². The van der Waals surface area contributed by atoms with E-state index in [1.807, 2.05) is 4.90 Å². The zero-order chi connectivity index (χ0) is 13.4. The zero-order valence-corrected chi connectivity index (χ0v) is 11.4. The molecule has 0 atom stereocenters. The summed E-state index contributed by atoms with van der Waals surface area (Å²) in [6.45, 7) is 3.16. The first-order valence-corrected chi connectivity index (χ1v) is 6.68. The summed E-state index contributed by atoms with van der Waals surface area (Å²) in [6.07, 6.45) is 4.90. The third-order valence-electron chi connectivity index (χ3n) is 3.38. The number of nitrogens with one attached hydrogen (secondary N) is 1. The summed E-state index contributed by atoms with van der Waals surface area (Å²) in [7, 11) is 1.60. The molecule has 1 fully saturated rings. The Hall–Kier alpha value is -1.10. The van der Waals surface area contributed by atoms with Crippen molar-refractivity contribution in [3.8, 4) is 0 Å². The van der Waals surface area contributed by atoms with E-state index < -0.39 is 0 Å². The first-order chi connectivity index (χ1) is 8.65. The smallest absolute Gasteiger partial charge is 0.221 e. The van der Waals surface area contributed by atoms with Gasteiger partial charge in [0.05, 0.1) is 6.61 Å². The van der Waals surface area contributed by atoms with Crippen LogP contribution in [-0.4, -0.2) is 49.6 Å². The molecule has 0 saturated heterocycles. The van der Waals surface area contributed by atoms with Gasteiger partial charge in [0.2, 0.25) is 11.8 Å². The van der Waals surface area contributed by atoms with Gasteiger partial charge in [0, 0.05) is 39.6 Å². The number of rotatable bonds is 7. The summed E-state index contributed by atoms with van der Waals surface area (Å²) in [5, 5.41) is 2.77. The Morgan fingerprint density at radius 2 is 2.00 bits per heavy atom. The number of methoxy groups -OCH3 is 1. The summed E-state index contributed by atoms with van der Waals surface area (Å²) >= 11 is 0. The molecule has 5 nitrogen and oxygen atoms in total. The Morgan fingerprint density at radius 3 is 2.56 bits per heavy atom. The fourth-order valence-electron chi connectivity index (χ4n) is 2.42. The fraction of sp³-hybridized carbons (Fsp3) is 0.846. The largest absolute Gasteiger partial charge is 0.383 e. The standard InChI is InChI=1S/C13H24N2O3/c1-11(16)15(12-5-3-4-6-12)9-7-13(17)14-8-10-18-2/h12H,3-10H2,1-2H3,(H,14,17). The molecule has 0 bridgehead atoms. The van der Waals surface area contributed by atoms with Gasteiger partial charge in [-0.05, 0) is 12.8 Å². The van der Waals surface area contributed by atoms with Gasteiger partial charge in [-0.1, -0.05) is 12.8 Å². The average molecular weight is 256 g/mol. The van der Waals surface area contributed by atoms with E-state index in [1.165, 1.54) is 12.8 Å². The summed E-state index contributed by atoms with van der Waals surface area (Å²) in [4.78, 5) is 25.0. The van der Waals surface area contributed by atoms with Crippen LogP contribution in [0.1, 0.15) is 39.0 Å². The van der Waals surface area contributed by atoms with E-state index >= 15 is 0 Å². The van der Waals surface area contributed by atoms with E-state index in [2.05, 4.69) is 5.32 Å². The van der Waals surface area contributed by atoms with E-state index in [4.69, 9.17) is 4.74 Å². The van der Waals surface area contributed by atoms with Gasteiger partial charge in [0.25, 0.3) is 0 Å². The lowest BCUT2D eigenvalue weighted by Crippen LogP contribution is -2.40. The topological polar surface area (TPSA) is 58.6 Å². The number of carbonyl (C=O) groups excluding carboxylic acids is 2. The maximum atomic E-state index is 11.6. The predicted molar refractivity (Wildman–Crippen MR) is 69.1 cm³/mol. The Morgan fingerprint density at radius 1 is 1.33 bits per heavy atom. The van der Waals surface area contributed by atoms with E-state index in [0.29, 0.717) is 32.2 Å². The molecular formula is C13H24N2O3. The highest BCUT2D eigenvalue weighted by atomic mass is 16.5. The molecule has 0 spiro atoms. The maximum absolute atomic E-state index is 11.6. The molecule has 0 aliphatic heterocycles. The van der Waals surface area contributed by atoms with Crippen LogP contribution in [0.5, 0.6) is 0 Å². The highest BCUT2D eigenvalue weighted by molar-refractivity contribution is 5.78. The van der Waals surface area contributed by atoms with Crippen molar-refractivity contribution >= 4 is 11.8 Å². The van der Waals surface area contributed by atoms with Crippen LogP contribution < -0.4 is 5.32 Å². The molecule has 1 saturated carbocycles. The second-order valence-electron chi connectivity index (χ2n) is 4.74.